The molecule has 0 rings (SSSR count). The fourth-order valence-electron chi connectivity index (χ4n) is 1.01. The van der Waals surface area contributed by atoms with Gasteiger partial charge in [0.25, 0.3) is 0 Å². The highest BCUT2D eigenvalue weighted by Crippen LogP contribution is 1.98. The van der Waals surface area contributed by atoms with Gasteiger partial charge in [-0.05, 0) is 26.4 Å². The van der Waals surface area contributed by atoms with Gasteiger partial charge in [0.2, 0.25) is 5.96 Å². The van der Waals surface area contributed by atoms with Gasteiger partial charge < -0.3 is 11.1 Å². The molecule has 0 aromatic heterocycles. The number of hydrogen-bond donors (Lipinski definition) is 4. The van der Waals surface area contributed by atoms with Crippen LogP contribution in [0.3, 0.4) is 0 Å². The van der Waals surface area contributed by atoms with Crippen molar-refractivity contribution in [1.82, 2.24) is 10.7 Å². The van der Waals surface area contributed by atoms with Crippen LogP contribution in [0.5, 0.6) is 0 Å². The first-order valence-corrected chi connectivity index (χ1v) is 4.72. The minimum Gasteiger partial charge on any atom is -0.369 e. The van der Waals surface area contributed by atoms with Gasteiger partial charge >= 0.3 is 0 Å². The summed E-state index contributed by atoms with van der Waals surface area (Å²) in [5, 5.41) is 3.11. The Morgan fingerprint density at radius 1 is 1.23 bits per heavy atom. The van der Waals surface area contributed by atoms with Crippen LogP contribution in [-0.2, 0) is 0 Å². The van der Waals surface area contributed by atoms with Crippen molar-refractivity contribution in [1.29, 1.82) is 0 Å². The lowest BCUT2D eigenvalue weighted by Gasteiger charge is -2.00. The highest BCUT2D eigenvalue weighted by atomic mass is 15.3. The van der Waals surface area contributed by atoms with Crippen LogP contribution in [0.25, 0.3) is 0 Å². The molecule has 0 bridgehead atoms. The minimum absolute atomic E-state index is 0.315. The van der Waals surface area contributed by atoms with E-state index in [-0.39, 0.29) is 0 Å². The van der Waals surface area contributed by atoms with Gasteiger partial charge in [0.05, 0.1) is 0 Å². The van der Waals surface area contributed by atoms with E-state index in [1.807, 2.05) is 7.05 Å². The van der Waals surface area contributed by atoms with Gasteiger partial charge in [-0.25, -0.2) is 5.84 Å². The molecule has 0 spiro atoms. The van der Waals surface area contributed by atoms with Crippen molar-refractivity contribution in [2.24, 2.45) is 16.6 Å². The second-order valence-corrected chi connectivity index (χ2v) is 2.93. The number of hydrogen-bond acceptors (Lipinski definition) is 3. The maximum absolute atomic E-state index is 5.34. The maximum atomic E-state index is 5.34. The zero-order valence-corrected chi connectivity index (χ0v) is 8.34. The zero-order chi connectivity index (χ0) is 9.94. The first-order chi connectivity index (χ1) is 6.31. The summed E-state index contributed by atoms with van der Waals surface area (Å²) in [6.45, 7) is 1.85. The van der Waals surface area contributed by atoms with Crippen LogP contribution >= 0.6 is 0 Å². The first-order valence-electron chi connectivity index (χ1n) is 4.72. The van der Waals surface area contributed by atoms with Crippen molar-refractivity contribution in [2.45, 2.75) is 25.7 Å². The Labute approximate surface area is 79.9 Å². The molecular weight excluding hydrogens is 166 g/mol. The summed E-state index contributed by atoms with van der Waals surface area (Å²) in [5.41, 5.74) is 7.63. The Kier molecular flexibility index (Phi) is 8.70. The van der Waals surface area contributed by atoms with Crippen LogP contribution in [-0.4, -0.2) is 26.1 Å². The lowest BCUT2D eigenvalue weighted by atomic mass is 10.2. The number of aliphatic imine (C=N–C) groups is 1. The third kappa shape index (κ3) is 9.10. The zero-order valence-electron chi connectivity index (χ0n) is 8.34. The van der Waals surface area contributed by atoms with E-state index in [1.165, 1.54) is 19.3 Å². The van der Waals surface area contributed by atoms with Crippen molar-refractivity contribution >= 4 is 5.96 Å². The van der Waals surface area contributed by atoms with Crippen LogP contribution < -0.4 is 22.3 Å². The normalized spacial score (nSPS) is 11.7. The summed E-state index contributed by atoms with van der Waals surface area (Å²) in [7, 11) is 1.97. The van der Waals surface area contributed by atoms with Gasteiger partial charge in [-0.15, -0.1) is 0 Å². The van der Waals surface area contributed by atoms with Gasteiger partial charge in [-0.1, -0.05) is 12.8 Å². The molecule has 0 aliphatic heterocycles. The molecule has 0 saturated carbocycles. The van der Waals surface area contributed by atoms with E-state index >= 15 is 0 Å². The molecule has 0 unspecified atom stereocenters. The number of rotatable bonds is 7. The number of nitrogens with one attached hydrogen (secondary N) is 2. The highest BCUT2D eigenvalue weighted by Gasteiger charge is 1.89. The molecule has 0 aliphatic rings. The fraction of sp³-hybridized carbons (Fsp3) is 0.875. The first kappa shape index (κ1) is 12.2. The van der Waals surface area contributed by atoms with Crippen molar-refractivity contribution in [3.8, 4) is 0 Å². The standard InChI is InChI=1S/C8H21N5/c1-11-6-4-2-3-5-7-12-8(9)13-10/h11H,2-7,10H2,1H3,(H3,9,12,13). The second kappa shape index (κ2) is 9.28. The third-order valence-corrected chi connectivity index (χ3v) is 1.76. The van der Waals surface area contributed by atoms with E-state index in [2.05, 4.69) is 15.7 Å². The van der Waals surface area contributed by atoms with Crippen LogP contribution in [0.15, 0.2) is 4.99 Å². The van der Waals surface area contributed by atoms with Crippen molar-refractivity contribution < 1.29 is 0 Å². The molecule has 13 heavy (non-hydrogen) atoms. The summed E-state index contributed by atoms with van der Waals surface area (Å²) in [5.74, 6) is 5.35. The summed E-state index contributed by atoms with van der Waals surface area (Å²) in [6, 6.07) is 0. The molecule has 0 aromatic rings. The Hall–Kier alpha value is -0.810. The van der Waals surface area contributed by atoms with Crippen LogP contribution in [0.1, 0.15) is 25.7 Å². The predicted octanol–water partition coefficient (Wildman–Crippen LogP) is -0.456. The molecule has 0 saturated heterocycles. The van der Waals surface area contributed by atoms with Crippen LogP contribution in [0.4, 0.5) is 0 Å². The van der Waals surface area contributed by atoms with E-state index in [4.69, 9.17) is 11.6 Å². The third-order valence-electron chi connectivity index (χ3n) is 1.76. The lowest BCUT2D eigenvalue weighted by Crippen LogP contribution is -2.37. The van der Waals surface area contributed by atoms with E-state index in [0.29, 0.717) is 5.96 Å². The van der Waals surface area contributed by atoms with E-state index < -0.39 is 0 Å². The van der Waals surface area contributed by atoms with Crippen molar-refractivity contribution in [2.75, 3.05) is 20.1 Å². The molecule has 0 radical (unpaired) electrons. The molecule has 0 fully saturated rings. The van der Waals surface area contributed by atoms with Gasteiger partial charge in [0.1, 0.15) is 0 Å². The minimum atomic E-state index is 0.315. The summed E-state index contributed by atoms with van der Waals surface area (Å²) < 4.78 is 0. The molecule has 0 aromatic carbocycles. The van der Waals surface area contributed by atoms with Gasteiger partial charge in [-0.3, -0.25) is 10.4 Å². The van der Waals surface area contributed by atoms with Crippen molar-refractivity contribution in [3.63, 3.8) is 0 Å². The van der Waals surface area contributed by atoms with Gasteiger partial charge in [0.15, 0.2) is 0 Å². The van der Waals surface area contributed by atoms with Crippen LogP contribution in [0, 0.1) is 0 Å². The lowest BCUT2D eigenvalue weighted by molar-refractivity contribution is 0.621. The van der Waals surface area contributed by atoms with Crippen molar-refractivity contribution in [3.05, 3.63) is 0 Å². The molecular formula is C8H21N5. The van der Waals surface area contributed by atoms with E-state index in [9.17, 15) is 0 Å². The van der Waals surface area contributed by atoms with E-state index in [0.717, 1.165) is 19.5 Å². The second-order valence-electron chi connectivity index (χ2n) is 2.93. The van der Waals surface area contributed by atoms with Gasteiger partial charge in [-0.2, -0.15) is 0 Å². The average Bonchev–Trinajstić information content (AvgIpc) is 2.16. The summed E-state index contributed by atoms with van der Waals surface area (Å²) >= 11 is 0. The number of unbranched alkanes of at least 4 members (excludes halogenated alkanes) is 3. The molecule has 0 aliphatic carbocycles. The SMILES string of the molecule is CNCCCCCCN=C(N)NN. The largest absolute Gasteiger partial charge is 0.369 e. The molecule has 0 heterocycles. The number of nitrogens with two attached hydrogens (primary N) is 2. The molecule has 6 N–H and O–H groups in total. The number of nitrogens with zero attached hydrogens (tertiary/aromatic N) is 1. The molecule has 0 atom stereocenters. The smallest absolute Gasteiger partial charge is 0.203 e. The Bertz CT molecular complexity index is 134. The van der Waals surface area contributed by atoms with Crippen LogP contribution in [0.2, 0.25) is 0 Å². The molecule has 0 amide bonds. The van der Waals surface area contributed by atoms with Gasteiger partial charge in [0, 0.05) is 6.54 Å². The summed E-state index contributed by atoms with van der Waals surface area (Å²) in [6.07, 6.45) is 4.74. The molecule has 5 heteroatoms. The Morgan fingerprint density at radius 2 is 1.92 bits per heavy atom. The highest BCUT2D eigenvalue weighted by molar-refractivity contribution is 5.76. The average molecular weight is 187 g/mol. The number of hydrazine groups is 1. The molecule has 78 valence electrons. The fourth-order valence-corrected chi connectivity index (χ4v) is 1.01. The quantitative estimate of drug-likeness (QED) is 0.143. The number of guanidine groups is 1. The summed E-state index contributed by atoms with van der Waals surface area (Å²) in [4.78, 5) is 4.00. The topological polar surface area (TPSA) is 88.5 Å². The maximum Gasteiger partial charge on any atom is 0.203 e. The predicted molar refractivity (Wildman–Crippen MR) is 56.2 cm³/mol. The van der Waals surface area contributed by atoms with E-state index in [1.54, 1.807) is 0 Å². The molecule has 5 nitrogen and oxygen atoms in total. The Morgan fingerprint density at radius 3 is 2.54 bits per heavy atom. The monoisotopic (exact) mass is 187 g/mol. The Balaban J connectivity index is 3.08.